The van der Waals surface area contributed by atoms with E-state index < -0.39 is 0 Å². The number of carbonyl (C=O) groups excluding carboxylic acids is 1. The third kappa shape index (κ3) is 3.90. The Kier molecular flexibility index (Phi) is 5.06. The van der Waals surface area contributed by atoms with Crippen LogP contribution in [-0.2, 0) is 4.79 Å². The molecule has 0 spiro atoms. The Labute approximate surface area is 81.1 Å². The normalized spacial score (nSPS) is 21.3. The van der Waals surface area contributed by atoms with Crippen LogP contribution in [0, 0.1) is 5.92 Å². The molecule has 1 saturated carbocycles. The Balaban J connectivity index is 2.12. The van der Waals surface area contributed by atoms with Gasteiger partial charge in [0, 0.05) is 0 Å². The van der Waals surface area contributed by atoms with E-state index in [-0.39, 0.29) is 6.04 Å². The molecule has 1 unspecified atom stereocenters. The van der Waals surface area contributed by atoms with Crippen LogP contribution in [0.1, 0.15) is 44.9 Å². The Bertz CT molecular complexity index is 141. The first-order chi connectivity index (χ1) is 6.36. The Morgan fingerprint density at radius 1 is 1.38 bits per heavy atom. The maximum absolute atomic E-state index is 10.5. The van der Waals surface area contributed by atoms with Crippen LogP contribution in [0.4, 0.5) is 0 Å². The number of hydrogen-bond acceptors (Lipinski definition) is 2. The van der Waals surface area contributed by atoms with Gasteiger partial charge in [-0.1, -0.05) is 32.1 Å². The van der Waals surface area contributed by atoms with E-state index in [4.69, 9.17) is 0 Å². The highest BCUT2D eigenvalue weighted by Gasteiger charge is 2.14. The molecule has 0 amide bonds. The quantitative estimate of drug-likeness (QED) is 0.662. The first-order valence-electron chi connectivity index (χ1n) is 5.49. The van der Waals surface area contributed by atoms with Crippen molar-refractivity contribution in [1.82, 2.24) is 5.32 Å². The molecule has 76 valence electrons. The number of nitrogens with one attached hydrogen (secondary N) is 1. The largest absolute Gasteiger partial charge is 0.311 e. The smallest absolute Gasteiger partial charge is 0.136 e. The van der Waals surface area contributed by atoms with E-state index in [1.165, 1.54) is 38.5 Å². The monoisotopic (exact) mass is 183 g/mol. The fraction of sp³-hybridized carbons (Fsp3) is 0.909. The van der Waals surface area contributed by atoms with Crippen molar-refractivity contribution in [2.45, 2.75) is 51.0 Å². The zero-order chi connectivity index (χ0) is 9.52. The SMILES string of the molecule is CNC(C=O)CCC1CCCCC1. The Morgan fingerprint density at radius 2 is 2.08 bits per heavy atom. The van der Waals surface area contributed by atoms with Crippen molar-refractivity contribution in [3.63, 3.8) is 0 Å². The molecule has 0 aromatic heterocycles. The second-order valence-corrected chi connectivity index (χ2v) is 4.11. The summed E-state index contributed by atoms with van der Waals surface area (Å²) < 4.78 is 0. The minimum Gasteiger partial charge on any atom is -0.311 e. The summed E-state index contributed by atoms with van der Waals surface area (Å²) >= 11 is 0. The van der Waals surface area contributed by atoms with Crippen LogP contribution in [-0.4, -0.2) is 19.4 Å². The summed E-state index contributed by atoms with van der Waals surface area (Å²) in [5, 5.41) is 3.02. The molecule has 1 aliphatic rings. The van der Waals surface area contributed by atoms with Gasteiger partial charge in [0.15, 0.2) is 0 Å². The number of rotatable bonds is 5. The zero-order valence-electron chi connectivity index (χ0n) is 8.59. The molecule has 13 heavy (non-hydrogen) atoms. The van der Waals surface area contributed by atoms with Gasteiger partial charge in [-0.3, -0.25) is 0 Å². The van der Waals surface area contributed by atoms with Gasteiger partial charge in [0.1, 0.15) is 6.29 Å². The van der Waals surface area contributed by atoms with Gasteiger partial charge in [0.25, 0.3) is 0 Å². The van der Waals surface area contributed by atoms with Crippen LogP contribution in [0.2, 0.25) is 0 Å². The van der Waals surface area contributed by atoms with Gasteiger partial charge in [0.05, 0.1) is 6.04 Å². The molecule has 0 aliphatic heterocycles. The third-order valence-electron chi connectivity index (χ3n) is 3.15. The van der Waals surface area contributed by atoms with E-state index in [2.05, 4.69) is 5.32 Å². The fourth-order valence-electron chi connectivity index (χ4n) is 2.17. The lowest BCUT2D eigenvalue weighted by Gasteiger charge is -2.22. The molecule has 0 radical (unpaired) electrons. The van der Waals surface area contributed by atoms with Crippen LogP contribution >= 0.6 is 0 Å². The molecule has 0 aromatic carbocycles. The molecular formula is C11H21NO. The second kappa shape index (κ2) is 6.14. The molecule has 0 heterocycles. The van der Waals surface area contributed by atoms with Crippen LogP contribution in [0.25, 0.3) is 0 Å². The number of carbonyl (C=O) groups is 1. The number of likely N-dealkylation sites (N-methyl/N-ethyl adjacent to an activating group) is 1. The van der Waals surface area contributed by atoms with E-state index in [9.17, 15) is 4.79 Å². The predicted molar refractivity (Wildman–Crippen MR) is 54.7 cm³/mol. The summed E-state index contributed by atoms with van der Waals surface area (Å²) in [6, 6.07) is 0.0851. The molecule has 0 saturated heterocycles. The van der Waals surface area contributed by atoms with Gasteiger partial charge in [-0.05, 0) is 25.8 Å². The van der Waals surface area contributed by atoms with Gasteiger partial charge in [-0.15, -0.1) is 0 Å². The minimum absolute atomic E-state index is 0.0851. The summed E-state index contributed by atoms with van der Waals surface area (Å²) in [7, 11) is 1.86. The van der Waals surface area contributed by atoms with Crippen molar-refractivity contribution in [3.05, 3.63) is 0 Å². The highest BCUT2D eigenvalue weighted by atomic mass is 16.1. The highest BCUT2D eigenvalue weighted by Crippen LogP contribution is 2.27. The fourth-order valence-corrected chi connectivity index (χ4v) is 2.17. The molecule has 1 aliphatic carbocycles. The lowest BCUT2D eigenvalue weighted by Crippen LogP contribution is -2.27. The second-order valence-electron chi connectivity index (χ2n) is 4.11. The molecule has 1 fully saturated rings. The van der Waals surface area contributed by atoms with E-state index in [1.54, 1.807) is 0 Å². The first-order valence-corrected chi connectivity index (χ1v) is 5.49. The van der Waals surface area contributed by atoms with Crippen LogP contribution in [0.15, 0.2) is 0 Å². The highest BCUT2D eigenvalue weighted by molar-refractivity contribution is 5.57. The van der Waals surface area contributed by atoms with Crippen molar-refractivity contribution in [1.29, 1.82) is 0 Å². The van der Waals surface area contributed by atoms with E-state index in [0.717, 1.165) is 18.6 Å². The maximum atomic E-state index is 10.5. The molecular weight excluding hydrogens is 162 g/mol. The predicted octanol–water partition coefficient (Wildman–Crippen LogP) is 2.13. The van der Waals surface area contributed by atoms with Gasteiger partial charge in [-0.2, -0.15) is 0 Å². The lowest BCUT2D eigenvalue weighted by molar-refractivity contribution is -0.109. The molecule has 0 bridgehead atoms. The number of hydrogen-bond donors (Lipinski definition) is 1. The third-order valence-corrected chi connectivity index (χ3v) is 3.15. The summed E-state index contributed by atoms with van der Waals surface area (Å²) in [5.74, 6) is 0.893. The first kappa shape index (κ1) is 10.7. The van der Waals surface area contributed by atoms with E-state index in [1.807, 2.05) is 7.05 Å². The summed E-state index contributed by atoms with van der Waals surface area (Å²) in [6.07, 6.45) is 10.3. The lowest BCUT2D eigenvalue weighted by atomic mass is 9.85. The van der Waals surface area contributed by atoms with Crippen LogP contribution in [0.5, 0.6) is 0 Å². The van der Waals surface area contributed by atoms with Crippen molar-refractivity contribution in [2.24, 2.45) is 5.92 Å². The van der Waals surface area contributed by atoms with E-state index in [0.29, 0.717) is 0 Å². The topological polar surface area (TPSA) is 29.1 Å². The zero-order valence-corrected chi connectivity index (χ0v) is 8.59. The average Bonchev–Trinajstić information content (AvgIpc) is 2.21. The standard InChI is InChI=1S/C11H21NO/c1-12-11(9-13)8-7-10-5-3-2-4-6-10/h9-12H,2-8H2,1H3. The molecule has 1 rings (SSSR count). The maximum Gasteiger partial charge on any atom is 0.136 e. The van der Waals surface area contributed by atoms with Crippen molar-refractivity contribution in [2.75, 3.05) is 7.05 Å². The van der Waals surface area contributed by atoms with Gasteiger partial charge in [0.2, 0.25) is 0 Å². The van der Waals surface area contributed by atoms with Crippen LogP contribution in [0.3, 0.4) is 0 Å². The molecule has 1 N–H and O–H groups in total. The molecule has 1 atom stereocenters. The molecule has 2 heteroatoms. The van der Waals surface area contributed by atoms with E-state index >= 15 is 0 Å². The molecule has 2 nitrogen and oxygen atoms in total. The van der Waals surface area contributed by atoms with Crippen LogP contribution < -0.4 is 5.32 Å². The molecule has 0 aromatic rings. The van der Waals surface area contributed by atoms with Crippen molar-refractivity contribution < 1.29 is 4.79 Å². The number of aldehydes is 1. The van der Waals surface area contributed by atoms with Crippen molar-refractivity contribution >= 4 is 6.29 Å². The van der Waals surface area contributed by atoms with Gasteiger partial charge in [-0.25, -0.2) is 0 Å². The van der Waals surface area contributed by atoms with Gasteiger partial charge < -0.3 is 10.1 Å². The minimum atomic E-state index is 0.0851. The Morgan fingerprint density at radius 3 is 2.62 bits per heavy atom. The van der Waals surface area contributed by atoms with Gasteiger partial charge >= 0.3 is 0 Å². The average molecular weight is 183 g/mol. The van der Waals surface area contributed by atoms with Crippen molar-refractivity contribution in [3.8, 4) is 0 Å². The Hall–Kier alpha value is -0.370. The summed E-state index contributed by atoms with van der Waals surface area (Å²) in [5.41, 5.74) is 0. The summed E-state index contributed by atoms with van der Waals surface area (Å²) in [6.45, 7) is 0. The summed E-state index contributed by atoms with van der Waals surface area (Å²) in [4.78, 5) is 10.5.